The Bertz CT molecular complexity index is 967. The number of esters is 1. The summed E-state index contributed by atoms with van der Waals surface area (Å²) in [6, 6.07) is 11.9. The first-order valence-electron chi connectivity index (χ1n) is 9.42. The van der Waals surface area contributed by atoms with Crippen LogP contribution >= 0.6 is 11.6 Å². The van der Waals surface area contributed by atoms with E-state index in [-0.39, 0.29) is 35.2 Å². The molecule has 0 radical (unpaired) electrons. The molecule has 0 aromatic heterocycles. The highest BCUT2D eigenvalue weighted by molar-refractivity contribution is 7.89. The van der Waals surface area contributed by atoms with Crippen molar-refractivity contribution in [3.63, 3.8) is 0 Å². The standard InChI is InChI=1S/C21H24ClNO5S/c1-15(2)17-5-3-16(4-6-17)14-28-21(24)19-13-18(7-8-20(19)22)29(25,26)23-9-11-27-12-10-23/h3-8,13,15H,9-12,14H2,1-2H3. The molecule has 0 N–H and O–H groups in total. The van der Waals surface area contributed by atoms with E-state index in [0.29, 0.717) is 19.1 Å². The highest BCUT2D eigenvalue weighted by atomic mass is 35.5. The first kappa shape index (κ1) is 21.8. The number of sulfonamides is 1. The number of carbonyl (C=O) groups excluding carboxylic acids is 1. The molecular weight excluding hydrogens is 414 g/mol. The summed E-state index contributed by atoms with van der Waals surface area (Å²) in [6.07, 6.45) is 0. The van der Waals surface area contributed by atoms with Gasteiger partial charge in [-0.25, -0.2) is 13.2 Å². The molecule has 0 amide bonds. The topological polar surface area (TPSA) is 72.9 Å². The average molecular weight is 438 g/mol. The number of hydrogen-bond donors (Lipinski definition) is 0. The van der Waals surface area contributed by atoms with Crippen molar-refractivity contribution >= 4 is 27.6 Å². The van der Waals surface area contributed by atoms with Crippen LogP contribution in [-0.4, -0.2) is 45.0 Å². The summed E-state index contributed by atoms with van der Waals surface area (Å²) in [5.41, 5.74) is 2.07. The van der Waals surface area contributed by atoms with E-state index in [2.05, 4.69) is 13.8 Å². The molecule has 6 nitrogen and oxygen atoms in total. The van der Waals surface area contributed by atoms with Gasteiger partial charge in [0.15, 0.2) is 0 Å². The third-order valence-electron chi connectivity index (χ3n) is 4.78. The van der Waals surface area contributed by atoms with Crippen LogP contribution in [0, 0.1) is 0 Å². The Labute approximate surface area is 176 Å². The second kappa shape index (κ2) is 9.26. The van der Waals surface area contributed by atoms with E-state index in [1.807, 2.05) is 24.3 Å². The summed E-state index contributed by atoms with van der Waals surface area (Å²) >= 11 is 6.14. The molecular formula is C21H24ClNO5S. The third-order valence-corrected chi connectivity index (χ3v) is 7.01. The summed E-state index contributed by atoms with van der Waals surface area (Å²) < 4.78 is 37.5. The summed E-state index contributed by atoms with van der Waals surface area (Å²) in [4.78, 5) is 12.5. The van der Waals surface area contributed by atoms with Crippen LogP contribution in [0.15, 0.2) is 47.4 Å². The predicted octanol–water partition coefficient (Wildman–Crippen LogP) is 3.84. The second-order valence-corrected chi connectivity index (χ2v) is 9.48. The van der Waals surface area contributed by atoms with Crippen molar-refractivity contribution in [3.8, 4) is 0 Å². The van der Waals surface area contributed by atoms with E-state index in [1.165, 1.54) is 28.1 Å². The van der Waals surface area contributed by atoms with Crippen molar-refractivity contribution in [2.24, 2.45) is 0 Å². The van der Waals surface area contributed by atoms with Crippen molar-refractivity contribution in [1.82, 2.24) is 4.31 Å². The van der Waals surface area contributed by atoms with Gasteiger partial charge in [-0.15, -0.1) is 0 Å². The van der Waals surface area contributed by atoms with Gasteiger partial charge in [-0.1, -0.05) is 49.7 Å². The maximum Gasteiger partial charge on any atom is 0.340 e. The Morgan fingerprint density at radius 3 is 2.41 bits per heavy atom. The highest BCUT2D eigenvalue weighted by Gasteiger charge is 2.27. The van der Waals surface area contributed by atoms with Gasteiger partial charge >= 0.3 is 5.97 Å². The Hall–Kier alpha value is -1.93. The Kier molecular flexibility index (Phi) is 6.95. The van der Waals surface area contributed by atoms with Crippen molar-refractivity contribution < 1.29 is 22.7 Å². The van der Waals surface area contributed by atoms with Crippen molar-refractivity contribution in [1.29, 1.82) is 0 Å². The van der Waals surface area contributed by atoms with Gasteiger partial charge in [0.25, 0.3) is 0 Å². The number of hydrogen-bond acceptors (Lipinski definition) is 5. The summed E-state index contributed by atoms with van der Waals surface area (Å²) in [5.74, 6) is -0.247. The van der Waals surface area contributed by atoms with Crippen LogP contribution in [-0.2, 0) is 26.1 Å². The Morgan fingerprint density at radius 1 is 1.14 bits per heavy atom. The molecule has 0 unspecified atom stereocenters. The molecule has 29 heavy (non-hydrogen) atoms. The van der Waals surface area contributed by atoms with Crippen LogP contribution in [0.3, 0.4) is 0 Å². The number of morpholine rings is 1. The minimum Gasteiger partial charge on any atom is -0.457 e. The summed E-state index contributed by atoms with van der Waals surface area (Å²) in [7, 11) is -3.73. The van der Waals surface area contributed by atoms with Gasteiger partial charge in [-0.05, 0) is 35.2 Å². The zero-order chi connectivity index (χ0) is 21.0. The van der Waals surface area contributed by atoms with Gasteiger partial charge in [-0.3, -0.25) is 0 Å². The molecule has 156 valence electrons. The summed E-state index contributed by atoms with van der Waals surface area (Å²) in [6.45, 7) is 5.53. The fraction of sp³-hybridized carbons (Fsp3) is 0.381. The lowest BCUT2D eigenvalue weighted by Gasteiger charge is -2.26. The van der Waals surface area contributed by atoms with E-state index in [0.717, 1.165) is 5.56 Å². The number of carbonyl (C=O) groups is 1. The van der Waals surface area contributed by atoms with E-state index < -0.39 is 16.0 Å². The van der Waals surface area contributed by atoms with Gasteiger partial charge in [0.2, 0.25) is 10.0 Å². The molecule has 8 heteroatoms. The minimum absolute atomic E-state index is 0.0111. The maximum atomic E-state index is 12.8. The SMILES string of the molecule is CC(C)c1ccc(COC(=O)c2cc(S(=O)(=O)N3CCOCC3)ccc2Cl)cc1. The molecule has 0 saturated carbocycles. The van der Waals surface area contributed by atoms with Crippen LogP contribution in [0.4, 0.5) is 0 Å². The number of ether oxygens (including phenoxy) is 2. The van der Waals surface area contributed by atoms with Crippen LogP contribution in [0.5, 0.6) is 0 Å². The molecule has 1 saturated heterocycles. The molecule has 1 aliphatic rings. The van der Waals surface area contributed by atoms with Crippen LogP contribution in [0.1, 0.15) is 41.3 Å². The van der Waals surface area contributed by atoms with E-state index in [4.69, 9.17) is 21.1 Å². The van der Waals surface area contributed by atoms with Crippen molar-refractivity contribution in [2.45, 2.75) is 31.3 Å². The zero-order valence-electron chi connectivity index (χ0n) is 16.4. The number of benzene rings is 2. The van der Waals surface area contributed by atoms with E-state index in [1.54, 1.807) is 0 Å². The van der Waals surface area contributed by atoms with Gasteiger partial charge in [0.1, 0.15) is 6.61 Å². The molecule has 2 aromatic carbocycles. The number of rotatable bonds is 6. The van der Waals surface area contributed by atoms with E-state index >= 15 is 0 Å². The van der Waals surface area contributed by atoms with Gasteiger partial charge in [-0.2, -0.15) is 4.31 Å². The summed E-state index contributed by atoms with van der Waals surface area (Å²) in [5, 5.41) is 0.145. The lowest BCUT2D eigenvalue weighted by atomic mass is 10.0. The normalized spacial score (nSPS) is 15.4. The third kappa shape index (κ3) is 5.17. The van der Waals surface area contributed by atoms with E-state index in [9.17, 15) is 13.2 Å². The molecule has 1 aliphatic heterocycles. The fourth-order valence-electron chi connectivity index (χ4n) is 2.98. The Balaban J connectivity index is 1.74. The minimum atomic E-state index is -3.73. The molecule has 1 fully saturated rings. The quantitative estimate of drug-likeness (QED) is 0.642. The lowest BCUT2D eigenvalue weighted by molar-refractivity contribution is 0.0472. The van der Waals surface area contributed by atoms with Crippen LogP contribution in [0.25, 0.3) is 0 Å². The largest absolute Gasteiger partial charge is 0.457 e. The molecule has 0 atom stereocenters. The highest BCUT2D eigenvalue weighted by Crippen LogP contribution is 2.25. The van der Waals surface area contributed by atoms with Crippen LogP contribution in [0.2, 0.25) is 5.02 Å². The predicted molar refractivity (Wildman–Crippen MR) is 111 cm³/mol. The smallest absolute Gasteiger partial charge is 0.340 e. The molecule has 0 aliphatic carbocycles. The van der Waals surface area contributed by atoms with Crippen LogP contribution < -0.4 is 0 Å². The van der Waals surface area contributed by atoms with Gasteiger partial charge in [0, 0.05) is 13.1 Å². The van der Waals surface area contributed by atoms with Crippen molar-refractivity contribution in [2.75, 3.05) is 26.3 Å². The first-order chi connectivity index (χ1) is 13.8. The maximum absolute atomic E-state index is 12.8. The first-order valence-corrected chi connectivity index (χ1v) is 11.2. The van der Waals surface area contributed by atoms with Gasteiger partial charge in [0.05, 0.1) is 28.7 Å². The molecule has 0 spiro atoms. The molecule has 0 bridgehead atoms. The second-order valence-electron chi connectivity index (χ2n) is 7.13. The molecule has 2 aromatic rings. The van der Waals surface area contributed by atoms with Crippen molar-refractivity contribution in [3.05, 3.63) is 64.2 Å². The monoisotopic (exact) mass is 437 g/mol. The lowest BCUT2D eigenvalue weighted by Crippen LogP contribution is -2.40. The Morgan fingerprint density at radius 2 is 1.79 bits per heavy atom. The molecule has 1 heterocycles. The fourth-order valence-corrected chi connectivity index (χ4v) is 4.61. The molecule has 3 rings (SSSR count). The average Bonchev–Trinajstić information content (AvgIpc) is 2.73. The van der Waals surface area contributed by atoms with Gasteiger partial charge < -0.3 is 9.47 Å². The zero-order valence-corrected chi connectivity index (χ0v) is 18.0. The number of nitrogens with zero attached hydrogens (tertiary/aromatic N) is 1. The number of halogens is 1.